The van der Waals surface area contributed by atoms with Crippen LogP contribution in [0.15, 0.2) is 0 Å². The summed E-state index contributed by atoms with van der Waals surface area (Å²) in [6.45, 7) is 45.7. The first-order valence-corrected chi connectivity index (χ1v) is 45.8. The zero-order valence-corrected chi connectivity index (χ0v) is 34.7. The highest BCUT2D eigenvalue weighted by Crippen LogP contribution is 2.51. The van der Waals surface area contributed by atoms with E-state index in [0.717, 1.165) is 0 Å². The van der Waals surface area contributed by atoms with E-state index < -0.39 is 66.3 Å². The molecule has 13 heteroatoms. The maximum atomic E-state index is 7.80. The highest BCUT2D eigenvalue weighted by Gasteiger charge is 2.72. The molecule has 0 radical (unpaired) electrons. The van der Waals surface area contributed by atoms with E-state index in [4.69, 9.17) is 11.2 Å². The second kappa shape index (κ2) is 8.66. The summed E-state index contributed by atoms with van der Waals surface area (Å²) in [7, 11) is -7.30. The molecule has 0 saturated heterocycles. The molecule has 0 saturated carbocycles. The van der Waals surface area contributed by atoms with Crippen molar-refractivity contribution in [1.82, 2.24) is 3.76 Å². The highest BCUT2D eigenvalue weighted by atomic mass is 35.7. The third-order valence-electron chi connectivity index (χ3n) is 7.59. The first-order chi connectivity index (χ1) is 13.1. The molecule has 0 unspecified atom stereocenters. The Kier molecular flexibility index (Phi) is 8.73. The molecule has 1 aromatic rings. The van der Waals surface area contributed by atoms with Crippen LogP contribution >= 0.6 is 27.0 Å². The molecule has 0 aliphatic heterocycles. The molecule has 0 N–H and O–H groups in total. The molecule has 1 rings (SSSR count). The van der Waals surface area contributed by atoms with Crippen molar-refractivity contribution in [2.75, 3.05) is 0 Å². The predicted octanol–water partition coefficient (Wildman–Crippen LogP) is 8.43. The van der Waals surface area contributed by atoms with Crippen molar-refractivity contribution < 1.29 is 3.76 Å². The van der Waals surface area contributed by atoms with Crippen LogP contribution < -0.4 is 3.76 Å². The number of hydrogen-bond acceptors (Lipinski definition) is 0. The fraction of sp³-hybridized carbons (Fsp3) is 1.00. The van der Waals surface area contributed by atoms with Crippen LogP contribution in [-0.4, -0.2) is 62.9 Å². The van der Waals surface area contributed by atoms with Gasteiger partial charge in [0.2, 0.25) is 29.3 Å². The molecule has 0 spiro atoms. The van der Waals surface area contributed by atoms with Gasteiger partial charge in [-0.3, -0.25) is 7.52 Å². The van der Waals surface area contributed by atoms with Crippen molar-refractivity contribution in [2.24, 2.45) is 0 Å². The first-order valence-electron chi connectivity index (χ1n) is 11.9. The van der Waals surface area contributed by atoms with Gasteiger partial charge in [-0.05, 0) is 0 Å². The van der Waals surface area contributed by atoms with E-state index in [1.807, 2.05) is 0 Å². The van der Waals surface area contributed by atoms with Crippen molar-refractivity contribution in [3.8, 4) is 0 Å². The van der Waals surface area contributed by atoms with Crippen molar-refractivity contribution >= 4 is 86.1 Å². The van der Waals surface area contributed by atoms with Crippen LogP contribution in [0.3, 0.4) is 0 Å². The lowest BCUT2D eigenvalue weighted by molar-refractivity contribution is -0.380. The van der Waals surface area contributed by atoms with Crippen LogP contribution in [0.5, 0.6) is 0 Å². The largest absolute Gasteiger partial charge is 0.252 e. The van der Waals surface area contributed by atoms with Crippen LogP contribution in [-0.2, 0) is 0 Å². The molecule has 0 aromatic carbocycles. The van der Waals surface area contributed by atoms with Gasteiger partial charge in [-0.1, -0.05) is 118 Å². The second-order valence-corrected chi connectivity index (χ2v) is 101. The average molecular weight is 621 g/mol. The topological polar surface area (TPSA) is 8.81 Å². The fourth-order valence-corrected chi connectivity index (χ4v) is 252. The summed E-state index contributed by atoms with van der Waals surface area (Å²) in [5.74, 6) is 0. The maximum Gasteiger partial charge on any atom is 0.249 e. The summed E-state index contributed by atoms with van der Waals surface area (Å²) < 4.78 is 6.19. The van der Waals surface area contributed by atoms with Gasteiger partial charge in [0.15, 0.2) is 0 Å². The minimum absolute atomic E-state index is 0.648. The molecule has 0 atom stereocenters. The average Bonchev–Trinajstić information content (AvgIpc) is 2.36. The van der Waals surface area contributed by atoms with Crippen LogP contribution in [0.2, 0.25) is 118 Å². The minimum Gasteiger partial charge on any atom is -0.252 e. The summed E-state index contributed by atoms with van der Waals surface area (Å²) in [5, 5.41) is 0. The smallest absolute Gasteiger partial charge is 0.249 e. The Balaban J connectivity index is 4.18. The zero-order valence-electron chi connectivity index (χ0n) is 24.2. The summed E-state index contributed by atoms with van der Waals surface area (Å²) >= 11 is 7.80. The third-order valence-corrected chi connectivity index (χ3v) is 163. The Morgan fingerprint density at radius 1 is 0.516 bits per heavy atom. The van der Waals surface area contributed by atoms with Crippen LogP contribution in [0.4, 0.5) is 0 Å². The van der Waals surface area contributed by atoms with E-state index in [1.165, 1.54) is 0 Å². The molecular formula is C18H54ClN2P2Si8+. The lowest BCUT2D eigenvalue weighted by Crippen LogP contribution is -2.96. The number of halogens is 1. The van der Waals surface area contributed by atoms with Crippen molar-refractivity contribution in [2.45, 2.75) is 118 Å². The number of hydrogen-bond donors (Lipinski definition) is 0. The van der Waals surface area contributed by atoms with Crippen molar-refractivity contribution in [1.29, 1.82) is 0 Å². The standard InChI is InChI=1S/C18H54ClN2P2Si8/c1-24(2,3)30(25(4,5)6,26(7,8)9)20-22-21(23(20)19)31(27(10,11)12,28(13,14)15)29(16,17)18/h1-18H3/q+1. The quantitative estimate of drug-likeness (QED) is 0.258. The van der Waals surface area contributed by atoms with E-state index in [9.17, 15) is 0 Å². The summed E-state index contributed by atoms with van der Waals surface area (Å²) in [6, 6.07) is 0. The Hall–Kier alpha value is 2.23. The molecule has 31 heavy (non-hydrogen) atoms. The van der Waals surface area contributed by atoms with Crippen molar-refractivity contribution in [3.05, 3.63) is 0 Å². The number of rotatable bonds is 8. The molecular weight excluding hydrogens is 566 g/mol. The third kappa shape index (κ3) is 4.57. The van der Waals surface area contributed by atoms with Gasteiger partial charge in [-0.2, -0.15) is 0 Å². The monoisotopic (exact) mass is 619 g/mol. The Morgan fingerprint density at radius 2 is 0.774 bits per heavy atom. The SMILES string of the molecule is C[Si](C)(C)[Si](n1p[n+]([Si]([Si](C)(C)C)([Si](C)(C)C)[Si](C)(C)C)p1Cl)([Si](C)(C)C)[Si](C)(C)C. The van der Waals surface area contributed by atoms with E-state index >= 15 is 0 Å². The van der Waals surface area contributed by atoms with Crippen LogP contribution in [0.1, 0.15) is 0 Å². The van der Waals surface area contributed by atoms with Gasteiger partial charge in [0.05, 0.1) is 45.5 Å². The lowest BCUT2D eigenvalue weighted by Gasteiger charge is -2.59. The second-order valence-electron chi connectivity index (χ2n) is 15.8. The molecule has 0 bridgehead atoms. The van der Waals surface area contributed by atoms with Gasteiger partial charge in [0.1, 0.15) is 0 Å². The van der Waals surface area contributed by atoms with Gasteiger partial charge in [0.25, 0.3) is 0 Å². The van der Waals surface area contributed by atoms with E-state index in [1.54, 1.807) is 8.51 Å². The maximum absolute atomic E-state index is 7.80. The van der Waals surface area contributed by atoms with Crippen LogP contribution in [0.25, 0.3) is 0 Å². The zero-order chi connectivity index (χ0) is 25.4. The van der Waals surface area contributed by atoms with Gasteiger partial charge in [-0.25, -0.2) is 0 Å². The molecule has 0 aliphatic rings. The summed E-state index contributed by atoms with van der Waals surface area (Å²) in [5.41, 5.74) is 0. The van der Waals surface area contributed by atoms with E-state index in [2.05, 4.69) is 125 Å². The molecule has 1 aromatic heterocycles. The Bertz CT molecular complexity index is 661. The van der Waals surface area contributed by atoms with E-state index in [-0.39, 0.29) is 0 Å². The fourth-order valence-electron chi connectivity index (χ4n) is 9.13. The predicted molar refractivity (Wildman–Crippen MR) is 173 cm³/mol. The minimum atomic E-state index is -1.62. The van der Waals surface area contributed by atoms with Crippen molar-refractivity contribution in [3.63, 3.8) is 0 Å². The number of aromatic nitrogens is 2. The molecule has 0 amide bonds. The van der Waals surface area contributed by atoms with Gasteiger partial charge >= 0.3 is 0 Å². The van der Waals surface area contributed by atoms with Crippen LogP contribution in [0, 0.1) is 0 Å². The Labute approximate surface area is 210 Å². The molecule has 2 nitrogen and oxygen atoms in total. The van der Waals surface area contributed by atoms with Gasteiger partial charge in [-0.15, -0.1) is 0 Å². The summed E-state index contributed by atoms with van der Waals surface area (Å²) in [6.07, 6.45) is 0. The number of nitrogens with zero attached hydrogens (tertiary/aromatic N) is 2. The van der Waals surface area contributed by atoms with Gasteiger partial charge < -0.3 is 0 Å². The first kappa shape index (κ1) is 31.3. The van der Waals surface area contributed by atoms with Gasteiger partial charge in [0, 0.05) is 11.2 Å². The normalized spacial score (nSPS) is 17.1. The summed E-state index contributed by atoms with van der Waals surface area (Å²) in [4.78, 5) is 0. The Morgan fingerprint density at radius 3 is 0.935 bits per heavy atom. The van der Waals surface area contributed by atoms with E-state index in [0.29, 0.717) is 0 Å². The highest BCUT2D eigenvalue weighted by molar-refractivity contribution is 7.96. The molecule has 0 aliphatic carbocycles. The molecule has 0 fully saturated rings. The lowest BCUT2D eigenvalue weighted by atomic mass is 11.8. The molecule has 184 valence electrons. The molecule has 1 heterocycles.